The predicted molar refractivity (Wildman–Crippen MR) is 78.3 cm³/mol. The summed E-state index contributed by atoms with van der Waals surface area (Å²) in [5.41, 5.74) is -0.246. The Bertz CT molecular complexity index is 465. The molecule has 0 bridgehead atoms. The fourth-order valence-corrected chi connectivity index (χ4v) is 1.56. The Balaban J connectivity index is 2.84. The summed E-state index contributed by atoms with van der Waals surface area (Å²) in [5.74, 6) is -2.36. The largest absolute Gasteiger partial charge is 0.330 e. The number of hydrogen-bond donors (Lipinski definition) is 0. The Morgan fingerprint density at radius 2 is 1.68 bits per heavy atom. The first-order valence-electron chi connectivity index (χ1n) is 7.10. The Kier molecular flexibility index (Phi) is 5.86. The van der Waals surface area contributed by atoms with Crippen LogP contribution in [0.25, 0.3) is 0 Å². The van der Waals surface area contributed by atoms with Crippen LogP contribution in [-0.4, -0.2) is 49.1 Å². The van der Waals surface area contributed by atoms with Crippen LogP contribution in [-0.2, 0) is 28.8 Å². The number of rotatable bonds is 8. The minimum absolute atomic E-state index is 0.165. The van der Waals surface area contributed by atoms with Crippen LogP contribution in [0.1, 0.15) is 34.6 Å². The monoisotopic (exact) mass is 315 g/mol. The van der Waals surface area contributed by atoms with Crippen LogP contribution in [0.3, 0.4) is 0 Å². The summed E-state index contributed by atoms with van der Waals surface area (Å²) >= 11 is 0. The van der Waals surface area contributed by atoms with Gasteiger partial charge in [-0.1, -0.05) is 13.8 Å². The number of nitrogens with zero attached hydrogens (tertiary/aromatic N) is 1. The van der Waals surface area contributed by atoms with Gasteiger partial charge in [0.2, 0.25) is 0 Å². The van der Waals surface area contributed by atoms with Gasteiger partial charge in [-0.3, -0.25) is 14.5 Å². The second-order valence-electron chi connectivity index (χ2n) is 6.07. The van der Waals surface area contributed by atoms with Crippen LogP contribution < -0.4 is 0 Å². The maximum atomic E-state index is 12.0. The first-order valence-corrected chi connectivity index (χ1v) is 7.10. The third-order valence-corrected chi connectivity index (χ3v) is 3.94. The summed E-state index contributed by atoms with van der Waals surface area (Å²) < 4.78 is 10.4. The minimum atomic E-state index is -1.68. The highest BCUT2D eigenvalue weighted by Crippen LogP contribution is 2.26. The fourth-order valence-electron chi connectivity index (χ4n) is 1.56. The molecule has 1 aliphatic heterocycles. The third kappa shape index (κ3) is 3.92. The van der Waals surface area contributed by atoms with Gasteiger partial charge >= 0.3 is 5.97 Å². The summed E-state index contributed by atoms with van der Waals surface area (Å²) in [6.07, 6.45) is 1.26. The van der Waals surface area contributed by atoms with E-state index in [0.717, 1.165) is 4.90 Å². The number of imide groups is 1. The molecule has 0 aliphatic carbocycles. The minimum Gasteiger partial charge on any atom is -0.328 e. The molecule has 1 rings (SSSR count). The molecule has 0 unspecified atom stereocenters. The van der Waals surface area contributed by atoms with Gasteiger partial charge in [0.05, 0.1) is 0 Å². The number of methoxy groups -OCH3 is 2. The maximum absolute atomic E-state index is 12.0. The highest BCUT2D eigenvalue weighted by Gasteiger charge is 2.43. The van der Waals surface area contributed by atoms with Crippen LogP contribution in [0, 0.1) is 5.92 Å². The molecule has 0 atom stereocenters. The molecule has 0 aromatic rings. The lowest BCUT2D eigenvalue weighted by Gasteiger charge is -2.36. The number of hydrogen-bond acceptors (Lipinski definition) is 6. The van der Waals surface area contributed by atoms with E-state index in [1.807, 2.05) is 27.7 Å². The first kappa shape index (κ1) is 18.8. The number of ether oxygens (including phenoxy) is 2. The molecule has 0 aromatic carbocycles. The SMILES string of the molecule is COC(CN1C(=O)C=C(C)C1=O)(OC)OOC(C)(C)C(C)C. The van der Waals surface area contributed by atoms with Crippen LogP contribution >= 0.6 is 0 Å². The molecular formula is C15H25NO6. The maximum Gasteiger partial charge on any atom is 0.330 e. The molecule has 1 aliphatic rings. The van der Waals surface area contributed by atoms with Crippen molar-refractivity contribution in [1.29, 1.82) is 0 Å². The number of carbonyl (C=O) groups excluding carboxylic acids is 2. The fraction of sp³-hybridized carbons (Fsp3) is 0.733. The smallest absolute Gasteiger partial charge is 0.328 e. The quantitative estimate of drug-likeness (QED) is 0.293. The lowest BCUT2D eigenvalue weighted by Crippen LogP contribution is -2.51. The second kappa shape index (κ2) is 6.87. The molecule has 0 saturated carbocycles. The van der Waals surface area contributed by atoms with Crippen LogP contribution in [0.2, 0.25) is 0 Å². The zero-order valence-electron chi connectivity index (χ0n) is 14.3. The van der Waals surface area contributed by atoms with E-state index in [1.165, 1.54) is 20.3 Å². The van der Waals surface area contributed by atoms with E-state index < -0.39 is 23.4 Å². The molecule has 1 heterocycles. The van der Waals surface area contributed by atoms with Gasteiger partial charge < -0.3 is 9.47 Å². The topological polar surface area (TPSA) is 74.3 Å². The van der Waals surface area contributed by atoms with E-state index in [0.29, 0.717) is 5.57 Å². The first-order chi connectivity index (χ1) is 10.1. The molecule has 0 fully saturated rings. The van der Waals surface area contributed by atoms with E-state index in [2.05, 4.69) is 0 Å². The molecule has 0 radical (unpaired) electrons. The average molecular weight is 315 g/mol. The zero-order valence-corrected chi connectivity index (χ0v) is 14.3. The van der Waals surface area contributed by atoms with Crippen molar-refractivity contribution >= 4 is 11.8 Å². The highest BCUT2D eigenvalue weighted by atomic mass is 17.3. The third-order valence-electron chi connectivity index (χ3n) is 3.94. The van der Waals surface area contributed by atoms with Crippen molar-refractivity contribution < 1.29 is 28.8 Å². The molecular weight excluding hydrogens is 290 g/mol. The predicted octanol–water partition coefficient (Wildman–Crippen LogP) is 1.63. The van der Waals surface area contributed by atoms with Gasteiger partial charge in [-0.25, -0.2) is 4.89 Å². The summed E-state index contributed by atoms with van der Waals surface area (Å²) in [6, 6.07) is 0. The van der Waals surface area contributed by atoms with Gasteiger partial charge in [0, 0.05) is 25.9 Å². The molecule has 7 heteroatoms. The van der Waals surface area contributed by atoms with E-state index >= 15 is 0 Å². The lowest BCUT2D eigenvalue weighted by molar-refractivity contribution is -0.523. The van der Waals surface area contributed by atoms with Crippen molar-refractivity contribution in [3.63, 3.8) is 0 Å². The Morgan fingerprint density at radius 1 is 1.14 bits per heavy atom. The summed E-state index contributed by atoms with van der Waals surface area (Å²) in [6.45, 7) is 8.99. The average Bonchev–Trinajstić information content (AvgIpc) is 2.69. The zero-order chi connectivity index (χ0) is 17.1. The van der Waals surface area contributed by atoms with E-state index in [9.17, 15) is 9.59 Å². The molecule has 0 N–H and O–H groups in total. The Hall–Kier alpha value is -1.28. The van der Waals surface area contributed by atoms with Gasteiger partial charge in [-0.2, -0.15) is 4.89 Å². The van der Waals surface area contributed by atoms with Crippen molar-refractivity contribution in [2.45, 2.75) is 46.2 Å². The molecule has 126 valence electrons. The molecule has 0 spiro atoms. The number of amides is 2. The van der Waals surface area contributed by atoms with E-state index in [4.69, 9.17) is 19.2 Å². The standard InChI is InChI=1S/C15H25NO6/c1-10(2)14(4,5)21-22-15(19-6,20-7)9-16-12(17)8-11(3)13(16)18/h8,10H,9H2,1-7H3. The second-order valence-corrected chi connectivity index (χ2v) is 6.07. The number of carbonyl (C=O) groups is 2. The molecule has 0 saturated heterocycles. The van der Waals surface area contributed by atoms with E-state index in [1.54, 1.807) is 6.92 Å². The molecule has 22 heavy (non-hydrogen) atoms. The van der Waals surface area contributed by atoms with Gasteiger partial charge in [0.25, 0.3) is 11.8 Å². The van der Waals surface area contributed by atoms with E-state index in [-0.39, 0.29) is 12.5 Å². The lowest BCUT2D eigenvalue weighted by atomic mass is 9.95. The summed E-state index contributed by atoms with van der Waals surface area (Å²) in [5, 5.41) is 0. The summed E-state index contributed by atoms with van der Waals surface area (Å²) in [4.78, 5) is 35.6. The molecule has 0 aromatic heterocycles. The summed E-state index contributed by atoms with van der Waals surface area (Å²) in [7, 11) is 2.70. The van der Waals surface area contributed by atoms with Crippen molar-refractivity contribution in [3.8, 4) is 0 Å². The van der Waals surface area contributed by atoms with Gasteiger partial charge in [0.1, 0.15) is 12.1 Å². The van der Waals surface area contributed by atoms with Crippen LogP contribution in [0.5, 0.6) is 0 Å². The van der Waals surface area contributed by atoms with Crippen LogP contribution in [0.4, 0.5) is 0 Å². The Labute approximate surface area is 131 Å². The van der Waals surface area contributed by atoms with Crippen molar-refractivity contribution in [2.24, 2.45) is 5.92 Å². The normalized spacial score (nSPS) is 16.7. The molecule has 2 amide bonds. The van der Waals surface area contributed by atoms with Crippen molar-refractivity contribution in [3.05, 3.63) is 11.6 Å². The highest BCUT2D eigenvalue weighted by molar-refractivity contribution is 6.15. The van der Waals surface area contributed by atoms with Crippen molar-refractivity contribution in [1.82, 2.24) is 4.90 Å². The van der Waals surface area contributed by atoms with Gasteiger partial charge in [0.15, 0.2) is 0 Å². The van der Waals surface area contributed by atoms with Crippen molar-refractivity contribution in [2.75, 3.05) is 20.8 Å². The van der Waals surface area contributed by atoms with Gasteiger partial charge in [-0.15, -0.1) is 0 Å². The van der Waals surface area contributed by atoms with Gasteiger partial charge in [-0.05, 0) is 26.7 Å². The molecule has 7 nitrogen and oxygen atoms in total. The Morgan fingerprint density at radius 3 is 2.05 bits per heavy atom. The van der Waals surface area contributed by atoms with Crippen LogP contribution in [0.15, 0.2) is 11.6 Å².